The van der Waals surface area contributed by atoms with Gasteiger partial charge in [-0.3, -0.25) is 0 Å². The van der Waals surface area contributed by atoms with E-state index in [0.717, 1.165) is 23.6 Å². The van der Waals surface area contributed by atoms with Gasteiger partial charge < -0.3 is 17.7 Å². The van der Waals surface area contributed by atoms with Crippen LogP contribution in [0.3, 0.4) is 0 Å². The SMILES string of the molecule is CO[SiH](CCCSSSSCCC[SiH](OC)OC)OC. The molecular weight excluding hydrogens is 369 g/mol. The van der Waals surface area contributed by atoms with E-state index < -0.39 is 18.6 Å². The van der Waals surface area contributed by atoms with Crippen molar-refractivity contribution in [3.05, 3.63) is 0 Å². The van der Waals surface area contributed by atoms with Crippen molar-refractivity contribution in [2.75, 3.05) is 39.9 Å². The first-order valence-electron chi connectivity index (χ1n) is 6.47. The van der Waals surface area contributed by atoms with E-state index in [1.807, 2.05) is 41.2 Å². The molecule has 0 spiro atoms. The smallest absolute Gasteiger partial charge is 0.320 e. The van der Waals surface area contributed by atoms with Gasteiger partial charge in [-0.05, 0) is 44.6 Å². The van der Waals surface area contributed by atoms with Crippen molar-refractivity contribution in [1.82, 2.24) is 0 Å². The molecule has 0 aliphatic rings. The lowest BCUT2D eigenvalue weighted by molar-refractivity contribution is 0.277. The average molecular weight is 395 g/mol. The summed E-state index contributed by atoms with van der Waals surface area (Å²) in [7, 11) is 11.9. The van der Waals surface area contributed by atoms with Gasteiger partial charge in [0.15, 0.2) is 0 Å². The monoisotopic (exact) mass is 394 g/mol. The summed E-state index contributed by atoms with van der Waals surface area (Å²) in [6.45, 7) is 0. The molecule has 0 bridgehead atoms. The zero-order valence-electron chi connectivity index (χ0n) is 12.7. The van der Waals surface area contributed by atoms with E-state index in [4.69, 9.17) is 17.7 Å². The van der Waals surface area contributed by atoms with Gasteiger partial charge in [-0.25, -0.2) is 0 Å². The standard InChI is InChI=1S/C10H26O4S4Si2/c1-11-19(12-2)9-5-7-15-17-18-16-8-6-10-20(13-3)14-4/h19-20H,5-10H2,1-4H3. The molecule has 0 saturated heterocycles. The molecule has 0 fully saturated rings. The van der Waals surface area contributed by atoms with Crippen LogP contribution in [0.25, 0.3) is 0 Å². The van der Waals surface area contributed by atoms with Gasteiger partial charge in [0.2, 0.25) is 0 Å². The van der Waals surface area contributed by atoms with Gasteiger partial charge in [-0.2, -0.15) is 0 Å². The minimum absolute atomic E-state index is 1.10. The second kappa shape index (κ2) is 17.0. The first-order chi connectivity index (χ1) is 9.78. The summed E-state index contributed by atoms with van der Waals surface area (Å²) in [6, 6.07) is 2.19. The van der Waals surface area contributed by atoms with Crippen molar-refractivity contribution in [3.63, 3.8) is 0 Å². The van der Waals surface area contributed by atoms with Gasteiger partial charge in [0.25, 0.3) is 0 Å². The molecule has 0 amide bonds. The first-order valence-corrected chi connectivity index (χ1v) is 15.1. The van der Waals surface area contributed by atoms with Gasteiger partial charge in [0, 0.05) is 39.9 Å². The van der Waals surface area contributed by atoms with Gasteiger partial charge in [0.1, 0.15) is 0 Å². The quantitative estimate of drug-likeness (QED) is 0.237. The van der Waals surface area contributed by atoms with E-state index in [0.29, 0.717) is 0 Å². The Hall–Kier alpha value is 1.67. The maximum absolute atomic E-state index is 5.28. The summed E-state index contributed by atoms with van der Waals surface area (Å²) >= 11 is 0. The van der Waals surface area contributed by atoms with Crippen LogP contribution in [0.5, 0.6) is 0 Å². The van der Waals surface area contributed by atoms with E-state index in [2.05, 4.69) is 0 Å². The molecule has 0 aliphatic carbocycles. The third-order valence-electron chi connectivity index (χ3n) is 2.51. The summed E-state index contributed by atoms with van der Waals surface area (Å²) in [5.41, 5.74) is 0. The van der Waals surface area contributed by atoms with Crippen LogP contribution in [-0.2, 0) is 17.7 Å². The Bertz CT molecular complexity index is 180. The Morgan fingerprint density at radius 2 is 1.00 bits per heavy atom. The van der Waals surface area contributed by atoms with Crippen molar-refractivity contribution in [3.8, 4) is 0 Å². The van der Waals surface area contributed by atoms with Crippen molar-refractivity contribution < 1.29 is 17.7 Å². The lowest BCUT2D eigenvalue weighted by Gasteiger charge is -2.10. The Kier molecular flexibility index (Phi) is 18.5. The van der Waals surface area contributed by atoms with E-state index in [1.165, 1.54) is 12.8 Å². The van der Waals surface area contributed by atoms with Crippen molar-refractivity contribution in [2.24, 2.45) is 0 Å². The molecule has 0 unspecified atom stereocenters. The van der Waals surface area contributed by atoms with E-state index in [1.54, 1.807) is 28.4 Å². The van der Waals surface area contributed by atoms with E-state index in [-0.39, 0.29) is 0 Å². The normalized spacial score (nSPS) is 11.7. The number of hydrogen-bond donors (Lipinski definition) is 0. The summed E-state index contributed by atoms with van der Waals surface area (Å²) in [4.78, 5) is 0. The maximum atomic E-state index is 5.28. The molecule has 0 aliphatic heterocycles. The highest BCUT2D eigenvalue weighted by molar-refractivity contribution is 9.26. The van der Waals surface area contributed by atoms with Crippen LogP contribution in [-0.4, -0.2) is 58.5 Å². The highest BCUT2D eigenvalue weighted by atomic mass is 33.7. The molecule has 0 rings (SSSR count). The molecule has 0 saturated carbocycles. The zero-order valence-corrected chi connectivity index (χ0v) is 18.2. The maximum Gasteiger partial charge on any atom is 0.320 e. The lowest BCUT2D eigenvalue weighted by Crippen LogP contribution is -2.18. The third-order valence-corrected chi connectivity index (χ3v) is 13.0. The highest BCUT2D eigenvalue weighted by Gasteiger charge is 2.09. The summed E-state index contributed by atoms with van der Waals surface area (Å²) in [5.74, 6) is 2.33. The van der Waals surface area contributed by atoms with Crippen LogP contribution in [0.1, 0.15) is 12.8 Å². The van der Waals surface area contributed by atoms with Crippen LogP contribution in [0, 0.1) is 0 Å². The second-order valence-corrected chi connectivity index (χ2v) is 14.9. The van der Waals surface area contributed by atoms with Gasteiger partial charge in [-0.1, -0.05) is 21.6 Å². The Balaban J connectivity index is 3.17. The molecule has 0 N–H and O–H groups in total. The molecule has 0 radical (unpaired) electrons. The molecule has 10 heteroatoms. The van der Waals surface area contributed by atoms with Crippen LogP contribution >= 0.6 is 41.2 Å². The van der Waals surface area contributed by atoms with Gasteiger partial charge in [0.05, 0.1) is 0 Å². The Labute approximate surface area is 142 Å². The first kappa shape index (κ1) is 21.7. The number of rotatable bonds is 15. The van der Waals surface area contributed by atoms with Crippen LogP contribution in [0.2, 0.25) is 12.1 Å². The predicted molar refractivity (Wildman–Crippen MR) is 101 cm³/mol. The molecule has 0 heterocycles. The van der Waals surface area contributed by atoms with Crippen LogP contribution in [0.15, 0.2) is 0 Å². The molecule has 0 aromatic rings. The van der Waals surface area contributed by atoms with Gasteiger partial charge in [-0.15, -0.1) is 0 Å². The largest absolute Gasteiger partial charge is 0.400 e. The Morgan fingerprint density at radius 3 is 1.30 bits per heavy atom. The van der Waals surface area contributed by atoms with Crippen LogP contribution in [0.4, 0.5) is 0 Å². The summed E-state index contributed by atoms with van der Waals surface area (Å²) < 4.78 is 21.1. The zero-order chi connectivity index (χ0) is 15.1. The fourth-order valence-corrected chi connectivity index (χ4v) is 10.6. The highest BCUT2D eigenvalue weighted by Crippen LogP contribution is 2.43. The van der Waals surface area contributed by atoms with Crippen molar-refractivity contribution in [2.45, 2.75) is 24.9 Å². The van der Waals surface area contributed by atoms with Crippen molar-refractivity contribution in [1.29, 1.82) is 0 Å². The van der Waals surface area contributed by atoms with E-state index >= 15 is 0 Å². The number of hydrogen-bond acceptors (Lipinski definition) is 8. The van der Waals surface area contributed by atoms with Crippen molar-refractivity contribution >= 4 is 59.8 Å². The predicted octanol–water partition coefficient (Wildman–Crippen LogP) is 3.47. The molecule has 4 nitrogen and oxygen atoms in total. The average Bonchev–Trinajstić information content (AvgIpc) is 2.49. The Morgan fingerprint density at radius 1 is 0.650 bits per heavy atom. The minimum Gasteiger partial charge on any atom is -0.400 e. The molecular formula is C10H26O4S4Si2. The third kappa shape index (κ3) is 13.3. The molecule has 122 valence electrons. The molecule has 0 aromatic carbocycles. The molecule has 0 atom stereocenters. The summed E-state index contributed by atoms with van der Waals surface area (Å²) in [6.07, 6.45) is 2.35. The molecule has 0 aromatic heterocycles. The van der Waals surface area contributed by atoms with Gasteiger partial charge >= 0.3 is 18.6 Å². The lowest BCUT2D eigenvalue weighted by atomic mass is 10.6. The second-order valence-electron chi connectivity index (χ2n) is 3.87. The fraction of sp³-hybridized carbons (Fsp3) is 1.00. The molecule has 20 heavy (non-hydrogen) atoms. The van der Waals surface area contributed by atoms with Crippen LogP contribution < -0.4 is 0 Å². The summed E-state index contributed by atoms with van der Waals surface area (Å²) in [5, 5.41) is 0. The van der Waals surface area contributed by atoms with E-state index in [9.17, 15) is 0 Å². The fourth-order valence-electron chi connectivity index (χ4n) is 1.39. The minimum atomic E-state index is -1.34. The topological polar surface area (TPSA) is 36.9 Å².